The van der Waals surface area contributed by atoms with Gasteiger partial charge in [0.05, 0.1) is 6.07 Å². The van der Waals surface area contributed by atoms with Crippen molar-refractivity contribution in [2.24, 2.45) is 11.8 Å². The third-order valence-electron chi connectivity index (χ3n) is 3.03. The van der Waals surface area contributed by atoms with Gasteiger partial charge in [0.1, 0.15) is 0 Å². The van der Waals surface area contributed by atoms with Crippen LogP contribution in [0.4, 0.5) is 0 Å². The minimum Gasteiger partial charge on any atom is -0.303 e. The summed E-state index contributed by atoms with van der Waals surface area (Å²) in [5, 5.41) is 8.76. The van der Waals surface area contributed by atoms with Crippen molar-refractivity contribution < 1.29 is 0 Å². The second-order valence-electron chi connectivity index (χ2n) is 4.78. The number of nitriles is 1. The smallest absolute Gasteiger partial charge is 0.0656 e. The van der Waals surface area contributed by atoms with Crippen molar-refractivity contribution in [3.8, 4) is 6.07 Å². The molecule has 0 N–H and O–H groups in total. The highest BCUT2D eigenvalue weighted by atomic mass is 15.1. The van der Waals surface area contributed by atoms with E-state index in [1.807, 2.05) is 13.8 Å². The Kier molecular flexibility index (Phi) is 9.33. The summed E-state index contributed by atoms with van der Waals surface area (Å²) in [5.41, 5.74) is 0. The van der Waals surface area contributed by atoms with Crippen molar-refractivity contribution in [1.82, 2.24) is 4.90 Å². The SMILES string of the molecule is CC.CC(C)CCCN1CCC(C#N)CC1. The Morgan fingerprint density at radius 3 is 2.25 bits per heavy atom. The maximum Gasteiger partial charge on any atom is 0.0656 e. The summed E-state index contributed by atoms with van der Waals surface area (Å²) < 4.78 is 0. The highest BCUT2D eigenvalue weighted by Gasteiger charge is 2.17. The normalized spacial score (nSPS) is 17.8. The Labute approximate surface area is 102 Å². The first kappa shape index (κ1) is 15.4. The lowest BCUT2D eigenvalue weighted by atomic mass is 9.98. The van der Waals surface area contributed by atoms with Crippen molar-refractivity contribution >= 4 is 0 Å². The standard InChI is InChI=1S/C12H22N2.C2H6/c1-11(2)4-3-7-14-8-5-12(10-13)6-9-14;1-2/h11-12H,3-9H2,1-2H3;1-2H3. The average Bonchev–Trinajstić information content (AvgIpc) is 2.32. The van der Waals surface area contributed by atoms with E-state index in [4.69, 9.17) is 5.26 Å². The summed E-state index contributed by atoms with van der Waals surface area (Å²) in [5.74, 6) is 1.16. The van der Waals surface area contributed by atoms with Crippen LogP contribution in [0.5, 0.6) is 0 Å². The zero-order valence-electron chi connectivity index (χ0n) is 11.5. The zero-order chi connectivity index (χ0) is 12.4. The van der Waals surface area contributed by atoms with Gasteiger partial charge in [0, 0.05) is 5.92 Å². The van der Waals surface area contributed by atoms with E-state index in [1.165, 1.54) is 19.4 Å². The molecule has 0 radical (unpaired) electrons. The van der Waals surface area contributed by atoms with Crippen LogP contribution in [0, 0.1) is 23.2 Å². The van der Waals surface area contributed by atoms with Crippen molar-refractivity contribution in [3.05, 3.63) is 0 Å². The molecule has 2 nitrogen and oxygen atoms in total. The quantitative estimate of drug-likeness (QED) is 0.728. The summed E-state index contributed by atoms with van der Waals surface area (Å²) in [6.07, 6.45) is 4.81. The molecule has 1 aliphatic rings. The molecule has 0 amide bonds. The maximum absolute atomic E-state index is 8.76. The maximum atomic E-state index is 8.76. The molecule has 1 fully saturated rings. The minimum absolute atomic E-state index is 0.330. The van der Waals surface area contributed by atoms with Gasteiger partial charge in [0.15, 0.2) is 0 Å². The first-order chi connectivity index (χ1) is 7.72. The van der Waals surface area contributed by atoms with Crippen molar-refractivity contribution in [2.75, 3.05) is 19.6 Å². The molecule has 0 aromatic rings. The Morgan fingerprint density at radius 1 is 1.25 bits per heavy atom. The van der Waals surface area contributed by atoms with Crippen molar-refractivity contribution in [1.29, 1.82) is 5.26 Å². The van der Waals surface area contributed by atoms with Crippen LogP contribution < -0.4 is 0 Å². The molecule has 0 atom stereocenters. The molecule has 1 saturated heterocycles. The number of hydrogen-bond acceptors (Lipinski definition) is 2. The predicted molar refractivity (Wildman–Crippen MR) is 70.2 cm³/mol. The molecule has 94 valence electrons. The largest absolute Gasteiger partial charge is 0.303 e. The van der Waals surface area contributed by atoms with E-state index in [0.717, 1.165) is 31.8 Å². The molecular weight excluding hydrogens is 196 g/mol. The topological polar surface area (TPSA) is 27.0 Å². The second kappa shape index (κ2) is 9.66. The third kappa shape index (κ3) is 6.85. The van der Waals surface area contributed by atoms with Gasteiger partial charge in [-0.15, -0.1) is 0 Å². The number of nitrogens with zero attached hydrogens (tertiary/aromatic N) is 2. The van der Waals surface area contributed by atoms with Gasteiger partial charge in [-0.3, -0.25) is 0 Å². The minimum atomic E-state index is 0.330. The number of rotatable bonds is 4. The molecule has 0 aromatic carbocycles. The van der Waals surface area contributed by atoms with Gasteiger partial charge in [0.2, 0.25) is 0 Å². The lowest BCUT2D eigenvalue weighted by Gasteiger charge is -2.29. The number of likely N-dealkylation sites (tertiary alicyclic amines) is 1. The fraction of sp³-hybridized carbons (Fsp3) is 0.929. The summed E-state index contributed by atoms with van der Waals surface area (Å²) in [6.45, 7) is 12.1. The predicted octanol–water partition coefficient (Wildman–Crippen LogP) is 3.68. The lowest BCUT2D eigenvalue weighted by Crippen LogP contribution is -2.34. The zero-order valence-corrected chi connectivity index (χ0v) is 11.5. The van der Waals surface area contributed by atoms with E-state index in [1.54, 1.807) is 0 Å². The highest BCUT2D eigenvalue weighted by molar-refractivity contribution is 4.87. The van der Waals surface area contributed by atoms with Gasteiger partial charge in [-0.25, -0.2) is 0 Å². The summed E-state index contributed by atoms with van der Waals surface area (Å²) >= 11 is 0. The molecule has 0 spiro atoms. The van der Waals surface area contributed by atoms with Crippen LogP contribution in [0.2, 0.25) is 0 Å². The Morgan fingerprint density at radius 2 is 1.81 bits per heavy atom. The first-order valence-corrected chi connectivity index (χ1v) is 6.84. The van der Waals surface area contributed by atoms with Crippen LogP contribution in [0.3, 0.4) is 0 Å². The Bertz CT molecular complexity index is 185. The molecule has 0 saturated carbocycles. The fourth-order valence-corrected chi connectivity index (χ4v) is 2.01. The number of hydrogen-bond donors (Lipinski definition) is 0. The molecule has 0 bridgehead atoms. The molecule has 1 aliphatic heterocycles. The Balaban J connectivity index is 0.00000106. The van der Waals surface area contributed by atoms with Gasteiger partial charge in [-0.1, -0.05) is 27.7 Å². The van der Waals surface area contributed by atoms with Gasteiger partial charge in [-0.05, 0) is 51.2 Å². The van der Waals surface area contributed by atoms with Gasteiger partial charge < -0.3 is 4.90 Å². The van der Waals surface area contributed by atoms with E-state index >= 15 is 0 Å². The van der Waals surface area contributed by atoms with E-state index in [0.29, 0.717) is 5.92 Å². The van der Waals surface area contributed by atoms with Crippen LogP contribution in [0.25, 0.3) is 0 Å². The highest BCUT2D eigenvalue weighted by Crippen LogP contribution is 2.16. The summed E-state index contributed by atoms with van der Waals surface area (Å²) in [6, 6.07) is 2.37. The van der Waals surface area contributed by atoms with E-state index in [-0.39, 0.29) is 0 Å². The lowest BCUT2D eigenvalue weighted by molar-refractivity contribution is 0.200. The molecular formula is C14H28N2. The molecule has 0 unspecified atom stereocenters. The van der Waals surface area contributed by atoms with Gasteiger partial charge in [-0.2, -0.15) is 5.26 Å². The molecule has 0 aromatic heterocycles. The first-order valence-electron chi connectivity index (χ1n) is 6.84. The number of piperidine rings is 1. The van der Waals surface area contributed by atoms with Gasteiger partial charge >= 0.3 is 0 Å². The summed E-state index contributed by atoms with van der Waals surface area (Å²) in [4.78, 5) is 2.51. The van der Waals surface area contributed by atoms with Crippen LogP contribution in [-0.2, 0) is 0 Å². The van der Waals surface area contributed by atoms with E-state index in [2.05, 4.69) is 24.8 Å². The molecule has 1 heterocycles. The monoisotopic (exact) mass is 224 g/mol. The van der Waals surface area contributed by atoms with Crippen LogP contribution in [0.15, 0.2) is 0 Å². The van der Waals surface area contributed by atoms with Gasteiger partial charge in [0.25, 0.3) is 0 Å². The van der Waals surface area contributed by atoms with E-state index in [9.17, 15) is 0 Å². The van der Waals surface area contributed by atoms with Crippen molar-refractivity contribution in [3.63, 3.8) is 0 Å². The van der Waals surface area contributed by atoms with Crippen molar-refractivity contribution in [2.45, 2.75) is 53.4 Å². The van der Waals surface area contributed by atoms with Crippen LogP contribution in [0.1, 0.15) is 53.4 Å². The summed E-state index contributed by atoms with van der Waals surface area (Å²) in [7, 11) is 0. The van der Waals surface area contributed by atoms with Crippen LogP contribution >= 0.6 is 0 Å². The van der Waals surface area contributed by atoms with E-state index < -0.39 is 0 Å². The molecule has 1 rings (SSSR count). The van der Waals surface area contributed by atoms with Crippen LogP contribution in [-0.4, -0.2) is 24.5 Å². The fourth-order valence-electron chi connectivity index (χ4n) is 2.01. The second-order valence-corrected chi connectivity index (χ2v) is 4.78. The molecule has 2 heteroatoms. The Hall–Kier alpha value is -0.550. The third-order valence-corrected chi connectivity index (χ3v) is 3.03. The molecule has 16 heavy (non-hydrogen) atoms. The molecule has 0 aliphatic carbocycles. The average molecular weight is 224 g/mol.